The fraction of sp³-hybridized carbons (Fsp3) is 0.174. The molecule has 1 aliphatic heterocycles. The normalized spacial score (nSPS) is 12.2. The molecule has 0 spiro atoms. The van der Waals surface area contributed by atoms with Crippen LogP contribution in [0.5, 0.6) is 5.75 Å². The van der Waals surface area contributed by atoms with Crippen molar-refractivity contribution < 1.29 is 19.1 Å². The summed E-state index contributed by atoms with van der Waals surface area (Å²) in [6.07, 6.45) is 1.98. The minimum atomic E-state index is -0.463. The standard InChI is InChI=1S/C23H21N5O4S/c1-2-11-28-19(14-32-16-6-4-3-5-7-16)26-27-23(28)33-12-10-20(29)24-15-8-9-17-18(13-15)22(31)25-21(17)30/h2-9,13H,1,10-12,14H2,(H,24,29)(H,25,30,31). The zero-order valence-corrected chi connectivity index (χ0v) is 18.4. The van der Waals surface area contributed by atoms with Crippen LogP contribution in [0.15, 0.2) is 66.3 Å². The smallest absolute Gasteiger partial charge is 0.259 e. The summed E-state index contributed by atoms with van der Waals surface area (Å²) in [6.45, 7) is 4.57. The third-order valence-electron chi connectivity index (χ3n) is 4.80. The van der Waals surface area contributed by atoms with E-state index in [-0.39, 0.29) is 24.5 Å². The lowest BCUT2D eigenvalue weighted by atomic mass is 10.1. The van der Waals surface area contributed by atoms with Crippen LogP contribution >= 0.6 is 11.8 Å². The molecule has 1 aromatic heterocycles. The Balaban J connectivity index is 1.31. The molecule has 2 aromatic carbocycles. The fourth-order valence-electron chi connectivity index (χ4n) is 3.21. The summed E-state index contributed by atoms with van der Waals surface area (Å²) in [7, 11) is 0. The molecule has 2 N–H and O–H groups in total. The number of fused-ring (bicyclic) bond motifs is 1. The van der Waals surface area contributed by atoms with Crippen LogP contribution in [0, 0.1) is 0 Å². The van der Waals surface area contributed by atoms with Gasteiger partial charge in [0.05, 0.1) is 11.1 Å². The predicted molar refractivity (Wildman–Crippen MR) is 123 cm³/mol. The van der Waals surface area contributed by atoms with Crippen molar-refractivity contribution in [3.05, 3.63) is 78.1 Å². The first kappa shape index (κ1) is 22.3. The van der Waals surface area contributed by atoms with Gasteiger partial charge in [-0.15, -0.1) is 16.8 Å². The number of allylic oxidation sites excluding steroid dienone is 1. The van der Waals surface area contributed by atoms with E-state index in [2.05, 4.69) is 27.4 Å². The number of aromatic nitrogens is 3. The van der Waals surface area contributed by atoms with Gasteiger partial charge in [0.2, 0.25) is 5.91 Å². The molecule has 33 heavy (non-hydrogen) atoms. The molecule has 0 saturated heterocycles. The highest BCUT2D eigenvalue weighted by Crippen LogP contribution is 2.22. The van der Waals surface area contributed by atoms with Crippen molar-refractivity contribution in [3.8, 4) is 5.75 Å². The van der Waals surface area contributed by atoms with Crippen LogP contribution in [0.1, 0.15) is 33.0 Å². The van der Waals surface area contributed by atoms with Crippen LogP contribution in [-0.2, 0) is 17.9 Å². The number of nitrogens with zero attached hydrogens (tertiary/aromatic N) is 3. The Morgan fingerprint density at radius 3 is 2.70 bits per heavy atom. The number of imide groups is 1. The van der Waals surface area contributed by atoms with Gasteiger partial charge in [0.1, 0.15) is 12.4 Å². The number of amides is 3. The number of hydrogen-bond donors (Lipinski definition) is 2. The number of nitrogens with one attached hydrogen (secondary N) is 2. The lowest BCUT2D eigenvalue weighted by Gasteiger charge is -2.09. The second kappa shape index (κ2) is 10.1. The van der Waals surface area contributed by atoms with Gasteiger partial charge in [-0.05, 0) is 30.3 Å². The zero-order chi connectivity index (χ0) is 23.2. The molecule has 0 aliphatic carbocycles. The first-order valence-electron chi connectivity index (χ1n) is 10.2. The average molecular weight is 464 g/mol. The number of hydrogen-bond acceptors (Lipinski definition) is 7. The van der Waals surface area contributed by atoms with Crippen LogP contribution in [0.3, 0.4) is 0 Å². The Morgan fingerprint density at radius 2 is 1.91 bits per heavy atom. The number of thioether (sulfide) groups is 1. The summed E-state index contributed by atoms with van der Waals surface area (Å²) >= 11 is 1.41. The molecule has 2 heterocycles. The first-order valence-corrected chi connectivity index (χ1v) is 11.2. The molecule has 10 heteroatoms. The van der Waals surface area contributed by atoms with Gasteiger partial charge in [-0.3, -0.25) is 24.3 Å². The van der Waals surface area contributed by atoms with Gasteiger partial charge in [0.15, 0.2) is 11.0 Å². The number of carbonyl (C=O) groups is 3. The summed E-state index contributed by atoms with van der Waals surface area (Å²) in [4.78, 5) is 35.8. The number of carbonyl (C=O) groups excluding carboxylic acids is 3. The van der Waals surface area contributed by atoms with Crippen molar-refractivity contribution in [1.82, 2.24) is 20.1 Å². The molecule has 0 radical (unpaired) electrons. The molecule has 0 unspecified atom stereocenters. The number of para-hydroxylation sites is 1. The van der Waals surface area contributed by atoms with Gasteiger partial charge in [0.25, 0.3) is 11.8 Å². The van der Waals surface area contributed by atoms with Crippen molar-refractivity contribution in [2.45, 2.75) is 24.7 Å². The second-order valence-corrected chi connectivity index (χ2v) is 8.15. The second-order valence-electron chi connectivity index (χ2n) is 7.09. The quantitative estimate of drug-likeness (QED) is 0.270. The number of anilines is 1. The zero-order valence-electron chi connectivity index (χ0n) is 17.6. The number of benzene rings is 2. The van der Waals surface area contributed by atoms with E-state index in [1.54, 1.807) is 12.1 Å². The van der Waals surface area contributed by atoms with Crippen LogP contribution in [0.2, 0.25) is 0 Å². The van der Waals surface area contributed by atoms with Crippen LogP contribution in [0.4, 0.5) is 5.69 Å². The van der Waals surface area contributed by atoms with Gasteiger partial charge < -0.3 is 10.1 Å². The molecule has 0 saturated carbocycles. The van der Waals surface area contributed by atoms with Gasteiger partial charge in [-0.25, -0.2) is 0 Å². The van der Waals surface area contributed by atoms with E-state index in [0.29, 0.717) is 34.5 Å². The first-order chi connectivity index (χ1) is 16.0. The van der Waals surface area contributed by atoms with Gasteiger partial charge in [-0.2, -0.15) is 0 Å². The van der Waals surface area contributed by atoms with E-state index in [1.807, 2.05) is 34.9 Å². The van der Waals surface area contributed by atoms with Crippen molar-refractivity contribution in [2.75, 3.05) is 11.1 Å². The van der Waals surface area contributed by atoms with Crippen LogP contribution in [-0.4, -0.2) is 38.2 Å². The molecule has 0 atom stereocenters. The van der Waals surface area contributed by atoms with E-state index in [1.165, 1.54) is 23.9 Å². The summed E-state index contributed by atoms with van der Waals surface area (Å²) < 4.78 is 7.66. The topological polar surface area (TPSA) is 115 Å². The van der Waals surface area contributed by atoms with Crippen LogP contribution in [0.25, 0.3) is 0 Å². The Kier molecular flexibility index (Phi) is 6.84. The van der Waals surface area contributed by atoms with Crippen molar-refractivity contribution >= 4 is 35.2 Å². The highest BCUT2D eigenvalue weighted by Gasteiger charge is 2.26. The predicted octanol–water partition coefficient (Wildman–Crippen LogP) is 3.05. The van der Waals surface area contributed by atoms with Crippen LogP contribution < -0.4 is 15.4 Å². The van der Waals surface area contributed by atoms with E-state index in [0.717, 1.165) is 5.75 Å². The SMILES string of the molecule is C=CCn1c(COc2ccccc2)nnc1SCCC(=O)Nc1ccc2c(c1)C(=O)NC2=O. The molecular weight excluding hydrogens is 442 g/mol. The average Bonchev–Trinajstić information content (AvgIpc) is 3.32. The lowest BCUT2D eigenvalue weighted by Crippen LogP contribution is -2.19. The van der Waals surface area contributed by atoms with Gasteiger partial charge in [-0.1, -0.05) is 36.0 Å². The minimum Gasteiger partial charge on any atom is -0.486 e. The maximum Gasteiger partial charge on any atom is 0.259 e. The summed E-state index contributed by atoms with van der Waals surface area (Å²) in [5.74, 6) is 0.776. The molecule has 4 rings (SSSR count). The van der Waals surface area contributed by atoms with Crippen molar-refractivity contribution in [1.29, 1.82) is 0 Å². The summed E-state index contributed by atoms with van der Waals surface area (Å²) in [5, 5.41) is 14.1. The Morgan fingerprint density at radius 1 is 1.12 bits per heavy atom. The Bertz CT molecular complexity index is 1210. The molecular formula is C23H21N5O4S. The van der Waals surface area contributed by atoms with E-state index >= 15 is 0 Å². The summed E-state index contributed by atoms with van der Waals surface area (Å²) in [6, 6.07) is 14.1. The van der Waals surface area contributed by atoms with Gasteiger partial charge in [0, 0.05) is 24.4 Å². The van der Waals surface area contributed by atoms with Crippen molar-refractivity contribution in [2.24, 2.45) is 0 Å². The third-order valence-corrected chi connectivity index (χ3v) is 5.76. The molecule has 1 aliphatic rings. The molecule has 3 aromatic rings. The van der Waals surface area contributed by atoms with E-state index in [9.17, 15) is 14.4 Å². The summed E-state index contributed by atoms with van der Waals surface area (Å²) in [5.41, 5.74) is 1.03. The lowest BCUT2D eigenvalue weighted by molar-refractivity contribution is -0.115. The highest BCUT2D eigenvalue weighted by molar-refractivity contribution is 7.99. The number of ether oxygens (including phenoxy) is 1. The van der Waals surface area contributed by atoms with Gasteiger partial charge >= 0.3 is 0 Å². The largest absolute Gasteiger partial charge is 0.486 e. The Hall–Kier alpha value is -3.92. The third kappa shape index (κ3) is 5.29. The molecule has 168 valence electrons. The minimum absolute atomic E-state index is 0.213. The maximum atomic E-state index is 12.4. The molecule has 3 amide bonds. The highest BCUT2D eigenvalue weighted by atomic mass is 32.2. The van der Waals surface area contributed by atoms with E-state index < -0.39 is 11.8 Å². The molecule has 9 nitrogen and oxygen atoms in total. The monoisotopic (exact) mass is 463 g/mol. The maximum absolute atomic E-state index is 12.4. The van der Waals surface area contributed by atoms with Crippen molar-refractivity contribution in [3.63, 3.8) is 0 Å². The van der Waals surface area contributed by atoms with E-state index in [4.69, 9.17) is 4.74 Å². The fourth-order valence-corrected chi connectivity index (χ4v) is 4.12. The Labute approximate surface area is 194 Å². The molecule has 0 bridgehead atoms. The molecule has 0 fully saturated rings. The number of rotatable bonds is 10.